The highest BCUT2D eigenvalue weighted by atomic mass is 32.2. The number of benzene rings is 1. The minimum Gasteiger partial charge on any atom is -0.351 e. The average molecular weight is 370 g/mol. The van der Waals surface area contributed by atoms with Crippen LogP contribution in [-0.2, 0) is 29.8 Å². The van der Waals surface area contributed by atoms with Gasteiger partial charge in [0.2, 0.25) is 0 Å². The number of fused-ring (bicyclic) bond motifs is 3. The van der Waals surface area contributed by atoms with Crippen LogP contribution in [0.15, 0.2) is 29.2 Å². The van der Waals surface area contributed by atoms with Gasteiger partial charge in [0.05, 0.1) is 4.91 Å². The number of carbonyl (C=O) groups excluding carboxylic acids is 1. The van der Waals surface area contributed by atoms with E-state index in [0.29, 0.717) is 6.54 Å². The molecule has 2 nitrogen and oxygen atoms in total. The Balaban J connectivity index is 1.39. The van der Waals surface area contributed by atoms with Gasteiger partial charge in [-0.3, -0.25) is 4.79 Å². The lowest BCUT2D eigenvalue weighted by Crippen LogP contribution is -2.26. The van der Waals surface area contributed by atoms with Crippen LogP contribution in [0.3, 0.4) is 0 Å². The Kier molecular flexibility index (Phi) is 5.00. The quantitative estimate of drug-likeness (QED) is 0.832. The standard InChI is InChI=1S/C21H23NOS2/c1-14-6-8-15(9-7-14)10-11-22-21(23)20-12-19-17(13-24-20)16-4-2-3-5-18(16)25-19/h6-9,12H,2-5,10-11,13H2,1H3,(H,22,23). The summed E-state index contributed by atoms with van der Waals surface area (Å²) >= 11 is 3.61. The van der Waals surface area contributed by atoms with Crippen LogP contribution < -0.4 is 5.32 Å². The van der Waals surface area contributed by atoms with Crippen molar-refractivity contribution in [3.63, 3.8) is 0 Å². The van der Waals surface area contributed by atoms with Crippen molar-refractivity contribution in [2.75, 3.05) is 6.54 Å². The summed E-state index contributed by atoms with van der Waals surface area (Å²) in [7, 11) is 0. The van der Waals surface area contributed by atoms with Gasteiger partial charge in [-0.15, -0.1) is 23.1 Å². The fourth-order valence-electron chi connectivity index (χ4n) is 3.53. The maximum absolute atomic E-state index is 12.5. The Hall–Kier alpha value is -1.52. The number of thiophene rings is 1. The lowest BCUT2D eigenvalue weighted by Gasteiger charge is -2.16. The van der Waals surface area contributed by atoms with E-state index in [-0.39, 0.29) is 5.91 Å². The fraction of sp³-hybridized carbons (Fsp3) is 0.381. The average Bonchev–Trinajstić information content (AvgIpc) is 3.01. The molecule has 1 aromatic heterocycles. The first kappa shape index (κ1) is 16.9. The summed E-state index contributed by atoms with van der Waals surface area (Å²) in [6.07, 6.45) is 8.08. The summed E-state index contributed by atoms with van der Waals surface area (Å²) in [5.74, 6) is 1.03. The van der Waals surface area contributed by atoms with Gasteiger partial charge in [0, 0.05) is 22.1 Å². The van der Waals surface area contributed by atoms with Gasteiger partial charge < -0.3 is 5.32 Å². The molecule has 2 heterocycles. The highest BCUT2D eigenvalue weighted by Gasteiger charge is 2.24. The van der Waals surface area contributed by atoms with Gasteiger partial charge in [-0.2, -0.15) is 0 Å². The normalized spacial score (nSPS) is 16.0. The van der Waals surface area contributed by atoms with Gasteiger partial charge in [-0.05, 0) is 61.8 Å². The van der Waals surface area contributed by atoms with Gasteiger partial charge in [-0.25, -0.2) is 0 Å². The van der Waals surface area contributed by atoms with E-state index in [1.807, 2.05) is 11.3 Å². The largest absolute Gasteiger partial charge is 0.351 e. The highest BCUT2D eigenvalue weighted by molar-refractivity contribution is 8.03. The predicted molar refractivity (Wildman–Crippen MR) is 108 cm³/mol. The summed E-state index contributed by atoms with van der Waals surface area (Å²) < 4.78 is 0. The number of hydrogen-bond acceptors (Lipinski definition) is 3. The lowest BCUT2D eigenvalue weighted by molar-refractivity contribution is -0.116. The number of amides is 1. The second-order valence-corrected chi connectivity index (χ2v) is 9.00. The molecule has 25 heavy (non-hydrogen) atoms. The minimum absolute atomic E-state index is 0.0779. The number of nitrogens with one attached hydrogen (secondary N) is 1. The molecule has 0 saturated carbocycles. The van der Waals surface area contributed by atoms with Crippen molar-refractivity contribution in [2.45, 2.75) is 44.8 Å². The van der Waals surface area contributed by atoms with Crippen LogP contribution >= 0.6 is 23.1 Å². The van der Waals surface area contributed by atoms with Crippen LogP contribution in [0.25, 0.3) is 6.08 Å². The zero-order valence-corrected chi connectivity index (χ0v) is 16.2. The first-order chi connectivity index (χ1) is 12.2. The van der Waals surface area contributed by atoms with Crippen molar-refractivity contribution in [3.8, 4) is 0 Å². The van der Waals surface area contributed by atoms with E-state index in [4.69, 9.17) is 0 Å². The molecule has 1 aliphatic heterocycles. The Morgan fingerprint density at radius 2 is 1.92 bits per heavy atom. The molecule has 1 N–H and O–H groups in total. The molecule has 2 aliphatic rings. The number of carbonyl (C=O) groups is 1. The van der Waals surface area contributed by atoms with Gasteiger partial charge in [-0.1, -0.05) is 29.8 Å². The molecular weight excluding hydrogens is 346 g/mol. The van der Waals surface area contributed by atoms with E-state index in [0.717, 1.165) is 17.1 Å². The predicted octanol–water partition coefficient (Wildman–Crippen LogP) is 4.88. The zero-order chi connectivity index (χ0) is 17.2. The van der Waals surface area contributed by atoms with Crippen LogP contribution in [-0.4, -0.2) is 12.5 Å². The molecule has 4 rings (SSSR count). The van der Waals surface area contributed by atoms with Crippen molar-refractivity contribution in [2.24, 2.45) is 0 Å². The van der Waals surface area contributed by atoms with Crippen LogP contribution in [0.1, 0.15) is 44.8 Å². The molecule has 1 aliphatic carbocycles. The van der Waals surface area contributed by atoms with Crippen LogP contribution in [0, 0.1) is 6.92 Å². The Labute approximate surface area is 157 Å². The summed E-state index contributed by atoms with van der Waals surface area (Å²) in [6, 6.07) is 8.52. The molecule has 130 valence electrons. The fourth-order valence-corrected chi connectivity index (χ4v) is 6.09. The van der Waals surface area contributed by atoms with E-state index in [9.17, 15) is 4.79 Å². The van der Waals surface area contributed by atoms with Crippen molar-refractivity contribution in [1.82, 2.24) is 5.32 Å². The third-order valence-corrected chi connectivity index (χ3v) is 7.32. The van der Waals surface area contributed by atoms with Crippen molar-refractivity contribution < 1.29 is 4.79 Å². The third-order valence-electron chi connectivity index (χ3n) is 4.99. The summed E-state index contributed by atoms with van der Waals surface area (Å²) in [4.78, 5) is 16.3. The number of aryl methyl sites for hydroxylation is 2. The highest BCUT2D eigenvalue weighted by Crippen LogP contribution is 2.42. The van der Waals surface area contributed by atoms with Gasteiger partial charge in [0.1, 0.15) is 0 Å². The molecule has 2 aromatic rings. The summed E-state index contributed by atoms with van der Waals surface area (Å²) in [5, 5.41) is 3.08. The van der Waals surface area contributed by atoms with Crippen molar-refractivity contribution >= 4 is 35.1 Å². The Morgan fingerprint density at radius 1 is 1.12 bits per heavy atom. The minimum atomic E-state index is 0.0779. The number of hydrogen-bond donors (Lipinski definition) is 1. The Morgan fingerprint density at radius 3 is 2.76 bits per heavy atom. The van der Waals surface area contributed by atoms with Gasteiger partial charge in [0.25, 0.3) is 5.91 Å². The SMILES string of the molecule is Cc1ccc(CCNC(=O)C2=Cc3sc4c(c3CS2)CCCC4)cc1. The third kappa shape index (κ3) is 3.70. The van der Waals surface area contributed by atoms with E-state index in [2.05, 4.69) is 42.6 Å². The van der Waals surface area contributed by atoms with E-state index in [1.165, 1.54) is 47.3 Å². The van der Waals surface area contributed by atoms with Crippen LogP contribution in [0.2, 0.25) is 0 Å². The summed E-state index contributed by atoms with van der Waals surface area (Å²) in [5.41, 5.74) is 5.63. The monoisotopic (exact) mass is 369 g/mol. The van der Waals surface area contributed by atoms with Gasteiger partial charge in [0.15, 0.2) is 0 Å². The number of rotatable bonds is 4. The lowest BCUT2D eigenvalue weighted by atomic mass is 9.95. The molecular formula is C21H23NOS2. The number of thioether (sulfide) groups is 1. The topological polar surface area (TPSA) is 29.1 Å². The molecule has 0 radical (unpaired) electrons. The molecule has 0 atom stereocenters. The molecule has 0 spiro atoms. The maximum atomic E-state index is 12.5. The maximum Gasteiger partial charge on any atom is 0.257 e. The second kappa shape index (κ2) is 7.38. The van der Waals surface area contributed by atoms with E-state index >= 15 is 0 Å². The van der Waals surface area contributed by atoms with Crippen LogP contribution in [0.4, 0.5) is 0 Å². The molecule has 0 bridgehead atoms. The Bertz CT molecular complexity index is 817. The first-order valence-electron chi connectivity index (χ1n) is 9.02. The summed E-state index contributed by atoms with van der Waals surface area (Å²) in [6.45, 7) is 2.78. The first-order valence-corrected chi connectivity index (χ1v) is 10.8. The zero-order valence-electron chi connectivity index (χ0n) is 14.6. The van der Waals surface area contributed by atoms with Gasteiger partial charge >= 0.3 is 0 Å². The van der Waals surface area contributed by atoms with E-state index in [1.54, 1.807) is 22.2 Å². The van der Waals surface area contributed by atoms with Crippen molar-refractivity contribution in [1.29, 1.82) is 0 Å². The molecule has 4 heteroatoms. The molecule has 0 saturated heterocycles. The van der Waals surface area contributed by atoms with Crippen LogP contribution in [0.5, 0.6) is 0 Å². The van der Waals surface area contributed by atoms with Crippen molar-refractivity contribution in [3.05, 3.63) is 61.2 Å². The smallest absolute Gasteiger partial charge is 0.257 e. The molecule has 1 amide bonds. The van der Waals surface area contributed by atoms with E-state index < -0.39 is 0 Å². The second-order valence-electron chi connectivity index (χ2n) is 6.84. The molecule has 1 aromatic carbocycles. The molecule has 0 unspecified atom stereocenters. The molecule has 0 fully saturated rings.